The van der Waals surface area contributed by atoms with Gasteiger partial charge in [0.25, 0.3) is 0 Å². The monoisotopic (exact) mass is 397 g/mol. The number of methoxy groups -OCH3 is 1. The molecule has 0 spiro atoms. The van der Waals surface area contributed by atoms with E-state index < -0.39 is 0 Å². The minimum Gasteiger partial charge on any atom is -0.465 e. The number of nitrogens with zero attached hydrogens (tertiary/aromatic N) is 3. The first-order chi connectivity index (χ1) is 14.8. The summed E-state index contributed by atoms with van der Waals surface area (Å²) in [6.45, 7) is 2.64. The third kappa shape index (κ3) is 3.12. The lowest BCUT2D eigenvalue weighted by molar-refractivity contribution is 0.0601. The van der Waals surface area contributed by atoms with Gasteiger partial charge in [-0.25, -0.2) is 4.79 Å². The Balaban J connectivity index is 1.44. The van der Waals surface area contributed by atoms with Crippen LogP contribution < -0.4 is 9.80 Å². The lowest BCUT2D eigenvalue weighted by Gasteiger charge is -2.27. The van der Waals surface area contributed by atoms with E-state index in [1.165, 1.54) is 24.0 Å². The maximum atomic E-state index is 12.1. The number of aliphatic imine (C=N–C) groups is 1. The molecule has 0 fully saturated rings. The molecule has 5 rings (SSSR count). The summed E-state index contributed by atoms with van der Waals surface area (Å²) in [4.78, 5) is 21.5. The van der Waals surface area contributed by atoms with Crippen molar-refractivity contribution in [2.24, 2.45) is 4.99 Å². The summed E-state index contributed by atoms with van der Waals surface area (Å²) in [5, 5.41) is 0. The number of carbonyl (C=O) groups excluding carboxylic acids is 1. The molecule has 0 amide bonds. The van der Waals surface area contributed by atoms with E-state index >= 15 is 0 Å². The standard InChI is InChI=1S/C25H23N3O2/c1-30-24(29)21-8-3-2-7-20(21)19-13-11-18(12-14-19)17-28-23-10-5-4-9-22(23)27-16-6-15-26-25(27)28/h2-5,7-14H,6,15-17H2,1H3. The Labute approximate surface area is 176 Å². The molecule has 2 heterocycles. The highest BCUT2D eigenvalue weighted by atomic mass is 16.5. The highest BCUT2D eigenvalue weighted by Crippen LogP contribution is 2.39. The second-order valence-corrected chi connectivity index (χ2v) is 7.50. The quantitative estimate of drug-likeness (QED) is 0.597. The summed E-state index contributed by atoms with van der Waals surface area (Å²) in [5.74, 6) is 0.723. The van der Waals surface area contributed by atoms with Crippen molar-refractivity contribution >= 4 is 23.3 Å². The number of ether oxygens (including phenoxy) is 1. The molecule has 2 aliphatic rings. The SMILES string of the molecule is COC(=O)c1ccccc1-c1ccc(CN2C3=NCCCN3c3ccccc32)cc1. The van der Waals surface area contributed by atoms with Crippen molar-refractivity contribution in [1.29, 1.82) is 0 Å². The topological polar surface area (TPSA) is 45.1 Å². The molecule has 0 aromatic heterocycles. The molecule has 0 atom stereocenters. The molecular formula is C25H23N3O2. The Bertz CT molecular complexity index is 1120. The second-order valence-electron chi connectivity index (χ2n) is 7.50. The van der Waals surface area contributed by atoms with Gasteiger partial charge in [0.2, 0.25) is 5.96 Å². The minimum absolute atomic E-state index is 0.321. The van der Waals surface area contributed by atoms with Gasteiger partial charge in [0.05, 0.1) is 30.6 Å². The van der Waals surface area contributed by atoms with Gasteiger partial charge >= 0.3 is 5.97 Å². The fourth-order valence-corrected chi connectivity index (χ4v) is 4.23. The van der Waals surface area contributed by atoms with E-state index in [-0.39, 0.29) is 5.97 Å². The number of rotatable bonds is 4. The normalized spacial score (nSPS) is 14.8. The number of para-hydroxylation sites is 2. The van der Waals surface area contributed by atoms with Crippen molar-refractivity contribution in [1.82, 2.24) is 0 Å². The lowest BCUT2D eigenvalue weighted by Crippen LogP contribution is -2.41. The molecule has 0 N–H and O–H groups in total. The molecule has 150 valence electrons. The fourth-order valence-electron chi connectivity index (χ4n) is 4.23. The predicted octanol–water partition coefficient (Wildman–Crippen LogP) is 4.73. The van der Waals surface area contributed by atoms with Crippen molar-refractivity contribution in [3.63, 3.8) is 0 Å². The average molecular weight is 397 g/mol. The first-order valence-corrected chi connectivity index (χ1v) is 10.2. The maximum absolute atomic E-state index is 12.1. The zero-order chi connectivity index (χ0) is 20.5. The first-order valence-electron chi connectivity index (χ1n) is 10.2. The first kappa shape index (κ1) is 18.4. The van der Waals surface area contributed by atoms with Crippen LogP contribution in [0.2, 0.25) is 0 Å². The van der Waals surface area contributed by atoms with Crippen LogP contribution in [-0.2, 0) is 11.3 Å². The Kier molecular flexibility index (Phi) is 4.71. The zero-order valence-corrected chi connectivity index (χ0v) is 16.9. The number of fused-ring (bicyclic) bond motifs is 3. The third-order valence-electron chi connectivity index (χ3n) is 5.68. The Morgan fingerprint density at radius 2 is 1.70 bits per heavy atom. The largest absolute Gasteiger partial charge is 0.465 e. The van der Waals surface area contributed by atoms with Crippen molar-refractivity contribution in [3.05, 3.63) is 83.9 Å². The van der Waals surface area contributed by atoms with Gasteiger partial charge in [-0.15, -0.1) is 0 Å². The number of hydrogen-bond donors (Lipinski definition) is 0. The Hall–Kier alpha value is -3.60. The van der Waals surface area contributed by atoms with Gasteiger partial charge in [0.15, 0.2) is 0 Å². The summed E-state index contributed by atoms with van der Waals surface area (Å²) in [6, 6.07) is 24.4. The van der Waals surface area contributed by atoms with E-state index in [1.54, 1.807) is 6.07 Å². The van der Waals surface area contributed by atoms with Crippen molar-refractivity contribution in [2.75, 3.05) is 30.0 Å². The van der Waals surface area contributed by atoms with Gasteiger partial charge in [-0.2, -0.15) is 0 Å². The van der Waals surface area contributed by atoms with Crippen LogP contribution in [0.5, 0.6) is 0 Å². The van der Waals surface area contributed by atoms with Crippen LogP contribution in [0.25, 0.3) is 11.1 Å². The number of guanidine groups is 1. The van der Waals surface area contributed by atoms with Crippen molar-refractivity contribution in [3.8, 4) is 11.1 Å². The molecule has 0 saturated carbocycles. The van der Waals surface area contributed by atoms with Crippen LogP contribution >= 0.6 is 0 Å². The van der Waals surface area contributed by atoms with Crippen LogP contribution in [0, 0.1) is 0 Å². The fraction of sp³-hybridized carbons (Fsp3) is 0.200. The number of benzene rings is 3. The summed E-state index contributed by atoms with van der Waals surface area (Å²) >= 11 is 0. The summed E-state index contributed by atoms with van der Waals surface area (Å²) in [7, 11) is 1.41. The highest BCUT2D eigenvalue weighted by Gasteiger charge is 2.33. The van der Waals surface area contributed by atoms with Gasteiger partial charge < -0.3 is 14.5 Å². The second kappa shape index (κ2) is 7.67. The van der Waals surface area contributed by atoms with E-state index in [0.717, 1.165) is 43.1 Å². The minimum atomic E-state index is -0.321. The highest BCUT2D eigenvalue weighted by molar-refractivity contribution is 6.16. The van der Waals surface area contributed by atoms with Gasteiger partial charge in [0, 0.05) is 13.1 Å². The molecule has 0 radical (unpaired) electrons. The van der Waals surface area contributed by atoms with E-state index in [4.69, 9.17) is 9.73 Å². The van der Waals surface area contributed by atoms with Gasteiger partial charge in [-0.3, -0.25) is 4.99 Å². The molecule has 0 bridgehead atoms. The van der Waals surface area contributed by atoms with Crippen molar-refractivity contribution in [2.45, 2.75) is 13.0 Å². The van der Waals surface area contributed by atoms with Crippen LogP contribution in [0.4, 0.5) is 11.4 Å². The summed E-state index contributed by atoms with van der Waals surface area (Å²) in [6.07, 6.45) is 1.08. The van der Waals surface area contributed by atoms with E-state index in [2.05, 4.69) is 58.3 Å². The Morgan fingerprint density at radius 3 is 2.50 bits per heavy atom. The van der Waals surface area contributed by atoms with Crippen molar-refractivity contribution < 1.29 is 9.53 Å². The number of esters is 1. The average Bonchev–Trinajstić information content (AvgIpc) is 3.13. The zero-order valence-electron chi connectivity index (χ0n) is 16.9. The summed E-state index contributed by atoms with van der Waals surface area (Å²) < 4.78 is 4.93. The van der Waals surface area contributed by atoms with Crippen LogP contribution in [0.15, 0.2) is 77.8 Å². The molecule has 30 heavy (non-hydrogen) atoms. The number of carbonyl (C=O) groups is 1. The number of anilines is 2. The van der Waals surface area contributed by atoms with Gasteiger partial charge in [-0.05, 0) is 41.3 Å². The molecule has 0 saturated heterocycles. The lowest BCUT2D eigenvalue weighted by atomic mass is 9.98. The van der Waals surface area contributed by atoms with Crippen LogP contribution in [-0.4, -0.2) is 32.1 Å². The maximum Gasteiger partial charge on any atom is 0.338 e. The smallest absolute Gasteiger partial charge is 0.338 e. The Morgan fingerprint density at radius 1 is 0.967 bits per heavy atom. The predicted molar refractivity (Wildman–Crippen MR) is 120 cm³/mol. The van der Waals surface area contributed by atoms with Gasteiger partial charge in [-0.1, -0.05) is 54.6 Å². The van der Waals surface area contributed by atoms with Gasteiger partial charge in [0.1, 0.15) is 0 Å². The molecule has 5 heteroatoms. The van der Waals surface area contributed by atoms with Crippen LogP contribution in [0.1, 0.15) is 22.3 Å². The van der Waals surface area contributed by atoms with E-state index in [1.807, 2.05) is 18.2 Å². The molecule has 3 aromatic rings. The molecule has 3 aromatic carbocycles. The van der Waals surface area contributed by atoms with E-state index in [0.29, 0.717) is 5.56 Å². The molecule has 0 aliphatic carbocycles. The molecule has 2 aliphatic heterocycles. The third-order valence-corrected chi connectivity index (χ3v) is 5.68. The number of hydrogen-bond acceptors (Lipinski definition) is 5. The molecular weight excluding hydrogens is 374 g/mol. The molecule has 5 nitrogen and oxygen atoms in total. The van der Waals surface area contributed by atoms with E-state index in [9.17, 15) is 4.79 Å². The molecule has 0 unspecified atom stereocenters. The summed E-state index contributed by atoms with van der Waals surface area (Å²) in [5.41, 5.74) is 6.09. The van der Waals surface area contributed by atoms with Crippen LogP contribution in [0.3, 0.4) is 0 Å².